The minimum absolute atomic E-state index is 0.175. The molecule has 1 aromatic carbocycles. The smallest absolute Gasteiger partial charge is 0.310 e. The molecule has 0 aromatic heterocycles. The Morgan fingerprint density at radius 2 is 1.90 bits per heavy atom. The van der Waals surface area contributed by atoms with Crippen LogP contribution in [0, 0.1) is 5.92 Å². The minimum atomic E-state index is -0.742. The molecule has 3 N–H and O–H groups in total. The number of nitrogens with one attached hydrogen (secondary N) is 1. The summed E-state index contributed by atoms with van der Waals surface area (Å²) < 4.78 is 5.25. The zero-order chi connectivity index (χ0) is 15.7. The van der Waals surface area contributed by atoms with Crippen LogP contribution >= 0.6 is 0 Å². The number of carbonyl (C=O) groups is 1. The third-order valence-electron chi connectivity index (χ3n) is 3.69. The molecule has 0 fully saturated rings. The monoisotopic (exact) mass is 295 g/mol. The molecular formula is C16H25NO4. The number of hydrogen-bond donors (Lipinski definition) is 3. The highest BCUT2D eigenvalue weighted by Crippen LogP contribution is 2.10. The van der Waals surface area contributed by atoms with Gasteiger partial charge in [-0.1, -0.05) is 44.2 Å². The Labute approximate surface area is 125 Å². The summed E-state index contributed by atoms with van der Waals surface area (Å²) in [6.07, 6.45) is 0.575. The molecular weight excluding hydrogens is 270 g/mol. The van der Waals surface area contributed by atoms with Gasteiger partial charge in [0.25, 0.3) is 0 Å². The standard InChI is InChI=1S/C16H25NO4/c1-3-16(11-18,12-19)17-9-13(2)15(20)21-10-14-7-5-4-6-8-14/h4-8,13,17-19H,3,9-12H2,1-2H3. The molecule has 118 valence electrons. The fourth-order valence-corrected chi connectivity index (χ4v) is 1.83. The summed E-state index contributed by atoms with van der Waals surface area (Å²) in [6.45, 7) is 3.89. The van der Waals surface area contributed by atoms with Crippen LogP contribution in [0.2, 0.25) is 0 Å². The highest BCUT2D eigenvalue weighted by atomic mass is 16.5. The maximum absolute atomic E-state index is 11.9. The van der Waals surface area contributed by atoms with Gasteiger partial charge < -0.3 is 20.3 Å². The predicted octanol–water partition coefficient (Wildman–Crippen LogP) is 1.09. The SMILES string of the molecule is CCC(CO)(CO)NCC(C)C(=O)OCc1ccccc1. The molecule has 1 aromatic rings. The first kappa shape index (κ1) is 17.6. The highest BCUT2D eigenvalue weighted by molar-refractivity contribution is 5.72. The first-order valence-electron chi connectivity index (χ1n) is 7.24. The Balaban J connectivity index is 2.40. The maximum atomic E-state index is 11.9. The molecule has 5 heteroatoms. The van der Waals surface area contributed by atoms with Crippen LogP contribution in [0.25, 0.3) is 0 Å². The number of hydrogen-bond acceptors (Lipinski definition) is 5. The first-order chi connectivity index (χ1) is 10.1. The van der Waals surface area contributed by atoms with Crippen molar-refractivity contribution in [3.05, 3.63) is 35.9 Å². The van der Waals surface area contributed by atoms with Crippen molar-refractivity contribution < 1.29 is 19.7 Å². The van der Waals surface area contributed by atoms with E-state index in [2.05, 4.69) is 5.32 Å². The molecule has 21 heavy (non-hydrogen) atoms. The van der Waals surface area contributed by atoms with E-state index in [1.54, 1.807) is 6.92 Å². The number of aliphatic hydroxyl groups excluding tert-OH is 2. The zero-order valence-corrected chi connectivity index (χ0v) is 12.7. The van der Waals surface area contributed by atoms with E-state index in [0.717, 1.165) is 5.56 Å². The third-order valence-corrected chi connectivity index (χ3v) is 3.69. The van der Waals surface area contributed by atoms with Crippen LogP contribution in [0.3, 0.4) is 0 Å². The van der Waals surface area contributed by atoms with E-state index in [1.807, 2.05) is 37.3 Å². The summed E-state index contributed by atoms with van der Waals surface area (Å²) in [5.74, 6) is -0.648. The lowest BCUT2D eigenvalue weighted by Crippen LogP contribution is -2.53. The van der Waals surface area contributed by atoms with Crippen molar-refractivity contribution in [3.8, 4) is 0 Å². The van der Waals surface area contributed by atoms with Crippen molar-refractivity contribution in [3.63, 3.8) is 0 Å². The Hall–Kier alpha value is -1.43. The van der Waals surface area contributed by atoms with Crippen LogP contribution in [0.5, 0.6) is 0 Å². The molecule has 0 heterocycles. The van der Waals surface area contributed by atoms with Gasteiger partial charge in [0, 0.05) is 6.54 Å². The van der Waals surface area contributed by atoms with Gasteiger partial charge in [0.2, 0.25) is 0 Å². The second-order valence-corrected chi connectivity index (χ2v) is 5.33. The number of rotatable bonds is 9. The van der Waals surface area contributed by atoms with Crippen LogP contribution < -0.4 is 5.32 Å². The van der Waals surface area contributed by atoms with Crippen molar-refractivity contribution in [2.75, 3.05) is 19.8 Å². The van der Waals surface area contributed by atoms with E-state index in [0.29, 0.717) is 13.0 Å². The van der Waals surface area contributed by atoms with E-state index in [4.69, 9.17) is 4.74 Å². The Kier molecular flexibility index (Phi) is 7.36. The number of benzene rings is 1. The number of carbonyl (C=O) groups excluding carboxylic acids is 1. The molecule has 5 nitrogen and oxygen atoms in total. The van der Waals surface area contributed by atoms with E-state index >= 15 is 0 Å². The van der Waals surface area contributed by atoms with Gasteiger partial charge in [-0.05, 0) is 12.0 Å². The summed E-state index contributed by atoms with van der Waals surface area (Å²) in [5, 5.41) is 21.7. The second-order valence-electron chi connectivity index (χ2n) is 5.33. The molecule has 1 rings (SSSR count). The Morgan fingerprint density at radius 1 is 1.29 bits per heavy atom. The number of aliphatic hydroxyl groups is 2. The largest absolute Gasteiger partial charge is 0.461 e. The van der Waals surface area contributed by atoms with Crippen molar-refractivity contribution in [1.29, 1.82) is 0 Å². The molecule has 0 aliphatic rings. The van der Waals surface area contributed by atoms with Crippen LogP contribution in [0.4, 0.5) is 0 Å². The topological polar surface area (TPSA) is 78.8 Å². The van der Waals surface area contributed by atoms with Gasteiger partial charge in [0.1, 0.15) is 6.61 Å². The quantitative estimate of drug-likeness (QED) is 0.594. The Morgan fingerprint density at radius 3 is 2.43 bits per heavy atom. The average Bonchev–Trinajstić information content (AvgIpc) is 2.55. The lowest BCUT2D eigenvalue weighted by atomic mass is 9.97. The van der Waals surface area contributed by atoms with E-state index in [1.165, 1.54) is 0 Å². The lowest BCUT2D eigenvalue weighted by molar-refractivity contribution is -0.149. The van der Waals surface area contributed by atoms with Gasteiger partial charge in [-0.3, -0.25) is 4.79 Å². The van der Waals surface area contributed by atoms with Gasteiger partial charge in [-0.2, -0.15) is 0 Å². The van der Waals surface area contributed by atoms with Crippen LogP contribution in [-0.4, -0.2) is 41.5 Å². The summed E-state index contributed by atoms with van der Waals surface area (Å²) in [7, 11) is 0. The van der Waals surface area contributed by atoms with E-state index in [9.17, 15) is 15.0 Å². The van der Waals surface area contributed by atoms with Gasteiger partial charge in [0.15, 0.2) is 0 Å². The molecule has 1 atom stereocenters. The fraction of sp³-hybridized carbons (Fsp3) is 0.562. The molecule has 0 radical (unpaired) electrons. The van der Waals surface area contributed by atoms with E-state index in [-0.39, 0.29) is 31.7 Å². The molecule has 0 aliphatic heterocycles. The average molecular weight is 295 g/mol. The van der Waals surface area contributed by atoms with Crippen LogP contribution in [0.15, 0.2) is 30.3 Å². The minimum Gasteiger partial charge on any atom is -0.461 e. The predicted molar refractivity (Wildman–Crippen MR) is 80.6 cm³/mol. The van der Waals surface area contributed by atoms with Gasteiger partial charge in [0.05, 0.1) is 24.7 Å². The van der Waals surface area contributed by atoms with Crippen molar-refractivity contribution >= 4 is 5.97 Å². The normalized spacial score (nSPS) is 13.0. The van der Waals surface area contributed by atoms with Crippen LogP contribution in [0.1, 0.15) is 25.8 Å². The number of ether oxygens (including phenoxy) is 1. The molecule has 0 saturated carbocycles. The molecule has 1 unspecified atom stereocenters. The third kappa shape index (κ3) is 5.46. The van der Waals surface area contributed by atoms with E-state index < -0.39 is 5.54 Å². The Bertz CT molecular complexity index is 409. The van der Waals surface area contributed by atoms with Crippen LogP contribution in [-0.2, 0) is 16.1 Å². The molecule has 0 aliphatic carbocycles. The van der Waals surface area contributed by atoms with Gasteiger partial charge in [-0.15, -0.1) is 0 Å². The summed E-state index contributed by atoms with van der Waals surface area (Å²) >= 11 is 0. The van der Waals surface area contributed by atoms with Gasteiger partial charge in [-0.25, -0.2) is 0 Å². The lowest BCUT2D eigenvalue weighted by Gasteiger charge is -2.30. The van der Waals surface area contributed by atoms with Crippen molar-refractivity contribution in [1.82, 2.24) is 5.32 Å². The summed E-state index contributed by atoms with van der Waals surface area (Å²) in [6, 6.07) is 9.50. The van der Waals surface area contributed by atoms with Crippen molar-refractivity contribution in [2.45, 2.75) is 32.4 Å². The number of esters is 1. The second kappa shape index (κ2) is 8.77. The highest BCUT2D eigenvalue weighted by Gasteiger charge is 2.27. The fourth-order valence-electron chi connectivity index (χ4n) is 1.83. The summed E-state index contributed by atoms with van der Waals surface area (Å²) in [5.41, 5.74) is 0.202. The first-order valence-corrected chi connectivity index (χ1v) is 7.24. The molecule has 0 amide bonds. The molecule has 0 spiro atoms. The van der Waals surface area contributed by atoms with Gasteiger partial charge >= 0.3 is 5.97 Å². The maximum Gasteiger partial charge on any atom is 0.310 e. The zero-order valence-electron chi connectivity index (χ0n) is 12.7. The molecule has 0 bridgehead atoms. The van der Waals surface area contributed by atoms with Crippen molar-refractivity contribution in [2.24, 2.45) is 5.92 Å². The molecule has 0 saturated heterocycles. The summed E-state index contributed by atoms with van der Waals surface area (Å²) in [4.78, 5) is 11.9.